The normalized spacial score (nSPS) is 17.3. The molecule has 0 amide bonds. The lowest BCUT2D eigenvalue weighted by atomic mass is 10.2. The predicted molar refractivity (Wildman–Crippen MR) is 152 cm³/mol. The van der Waals surface area contributed by atoms with Gasteiger partial charge in [0.2, 0.25) is 0 Å². The van der Waals surface area contributed by atoms with Gasteiger partial charge < -0.3 is 33.3 Å². The number of ether oxygens (including phenoxy) is 3. The standard InChI is InChI=1S/C23H50O8S2Si2/c1-6-27-22(26)33-10-8-11-34-23(28-15-19(2)13-24)29-16-21(4)18-31-35(5,12-7-9-32)30-17-20(3)14-25/h19-21,23-25,32H,6-18,34H2,1-5H3. The summed E-state index contributed by atoms with van der Waals surface area (Å²) >= 11 is 5.54. The van der Waals surface area contributed by atoms with Gasteiger partial charge in [-0.2, -0.15) is 12.6 Å². The monoisotopic (exact) mass is 574 g/mol. The Bertz CT molecular complexity index is 524. The number of thiol groups is 1. The number of carbonyl (C=O) groups excluding carboxylic acids is 1. The Morgan fingerprint density at radius 1 is 0.971 bits per heavy atom. The van der Waals surface area contributed by atoms with Crippen molar-refractivity contribution in [2.24, 2.45) is 17.8 Å². The van der Waals surface area contributed by atoms with E-state index < -0.39 is 18.1 Å². The van der Waals surface area contributed by atoms with Gasteiger partial charge in [-0.3, -0.25) is 0 Å². The van der Waals surface area contributed by atoms with Crippen molar-refractivity contribution in [3.05, 3.63) is 0 Å². The topological polar surface area (TPSA) is 104 Å². The first-order valence-corrected chi connectivity index (χ1v) is 18.8. The zero-order chi connectivity index (χ0) is 26.5. The Hall–Kier alpha value is 0.364. The molecular weight excluding hydrogens is 525 g/mol. The van der Waals surface area contributed by atoms with Crippen LogP contribution in [0.2, 0.25) is 18.6 Å². The molecule has 5 atom stereocenters. The van der Waals surface area contributed by atoms with Crippen molar-refractivity contribution in [1.82, 2.24) is 0 Å². The maximum Gasteiger partial charge on any atom is 0.367 e. The summed E-state index contributed by atoms with van der Waals surface area (Å²) < 4.78 is 29.5. The first-order chi connectivity index (χ1) is 16.7. The molecule has 0 radical (unpaired) electrons. The molecule has 12 heteroatoms. The van der Waals surface area contributed by atoms with Gasteiger partial charge in [0.1, 0.15) is 5.91 Å². The van der Waals surface area contributed by atoms with E-state index >= 15 is 0 Å². The van der Waals surface area contributed by atoms with Crippen molar-refractivity contribution in [3.63, 3.8) is 0 Å². The van der Waals surface area contributed by atoms with Crippen molar-refractivity contribution in [3.8, 4) is 0 Å². The van der Waals surface area contributed by atoms with Crippen molar-refractivity contribution < 1.29 is 38.1 Å². The first kappa shape index (κ1) is 35.4. The van der Waals surface area contributed by atoms with Gasteiger partial charge in [0.15, 0.2) is 0 Å². The predicted octanol–water partition coefficient (Wildman–Crippen LogP) is 3.49. The summed E-state index contributed by atoms with van der Waals surface area (Å²) in [5, 5.41) is 18.4. The number of carbonyl (C=O) groups is 1. The van der Waals surface area contributed by atoms with Crippen LogP contribution in [-0.2, 0) is 23.1 Å². The molecule has 0 aliphatic rings. The first-order valence-electron chi connectivity index (χ1n) is 12.8. The van der Waals surface area contributed by atoms with E-state index in [-0.39, 0.29) is 42.2 Å². The Labute approximate surface area is 226 Å². The number of hydrogen-bond acceptors (Lipinski definition) is 10. The minimum atomic E-state index is -2.36. The van der Waals surface area contributed by atoms with Gasteiger partial charge in [-0.05, 0) is 49.9 Å². The van der Waals surface area contributed by atoms with E-state index in [0.29, 0.717) is 33.0 Å². The van der Waals surface area contributed by atoms with E-state index in [1.807, 2.05) is 13.8 Å². The summed E-state index contributed by atoms with van der Waals surface area (Å²) in [5.41, 5.74) is 0. The second-order valence-electron chi connectivity index (χ2n) is 9.39. The third-order valence-electron chi connectivity index (χ3n) is 5.21. The number of aliphatic hydroxyl groups excluding tert-OH is 2. The lowest BCUT2D eigenvalue weighted by molar-refractivity contribution is -0.112. The lowest BCUT2D eigenvalue weighted by Gasteiger charge is -2.30. The molecule has 0 aliphatic heterocycles. The fourth-order valence-corrected chi connectivity index (χ4v) is 8.34. The molecule has 0 saturated carbocycles. The molecule has 0 aromatic carbocycles. The Balaban J connectivity index is 4.59. The summed E-state index contributed by atoms with van der Waals surface area (Å²) in [6.45, 7) is 12.5. The van der Waals surface area contributed by atoms with Gasteiger partial charge in [-0.1, -0.05) is 26.8 Å². The Morgan fingerprint density at radius 2 is 1.54 bits per heavy atom. The van der Waals surface area contributed by atoms with Crippen LogP contribution < -0.4 is 0 Å². The molecule has 35 heavy (non-hydrogen) atoms. The number of rotatable bonds is 23. The molecule has 0 bridgehead atoms. The third kappa shape index (κ3) is 20.1. The highest BCUT2D eigenvalue weighted by atomic mass is 32.2. The summed E-state index contributed by atoms with van der Waals surface area (Å²) in [5.74, 6) is 1.62. The molecule has 5 unspecified atom stereocenters. The Kier molecular flexibility index (Phi) is 22.6. The highest BCUT2D eigenvalue weighted by molar-refractivity contribution is 8.13. The molecule has 0 aromatic heterocycles. The van der Waals surface area contributed by atoms with Crippen LogP contribution in [0.25, 0.3) is 0 Å². The molecule has 0 fully saturated rings. The van der Waals surface area contributed by atoms with Crippen LogP contribution in [0.4, 0.5) is 4.79 Å². The number of hydrogen-bond donors (Lipinski definition) is 3. The highest BCUT2D eigenvalue weighted by Crippen LogP contribution is 2.19. The van der Waals surface area contributed by atoms with Crippen LogP contribution in [0, 0.1) is 17.8 Å². The largest absolute Gasteiger partial charge is 0.458 e. The average Bonchev–Trinajstić information content (AvgIpc) is 2.85. The highest BCUT2D eigenvalue weighted by Gasteiger charge is 2.32. The van der Waals surface area contributed by atoms with Gasteiger partial charge in [-0.15, -0.1) is 0 Å². The van der Waals surface area contributed by atoms with E-state index in [9.17, 15) is 15.0 Å². The van der Waals surface area contributed by atoms with E-state index in [2.05, 4.69) is 26.1 Å². The molecule has 0 aromatic rings. The van der Waals surface area contributed by atoms with Crippen LogP contribution in [0.15, 0.2) is 0 Å². The van der Waals surface area contributed by atoms with Crippen LogP contribution in [-0.4, -0.2) is 97.3 Å². The van der Waals surface area contributed by atoms with Crippen molar-refractivity contribution in [2.45, 2.75) is 65.1 Å². The van der Waals surface area contributed by atoms with E-state index in [0.717, 1.165) is 36.4 Å². The fourth-order valence-electron chi connectivity index (χ4n) is 2.86. The summed E-state index contributed by atoms with van der Waals surface area (Å²) in [6.07, 6.45) is 1.86. The van der Waals surface area contributed by atoms with Crippen molar-refractivity contribution in [1.29, 1.82) is 0 Å². The minimum Gasteiger partial charge on any atom is -0.458 e. The van der Waals surface area contributed by atoms with Gasteiger partial charge in [0.05, 0.1) is 29.3 Å². The maximum atomic E-state index is 11.5. The molecular formula is C23H50O8S2Si2. The Morgan fingerprint density at radius 3 is 2.11 bits per heavy atom. The molecule has 2 N–H and O–H groups in total. The van der Waals surface area contributed by atoms with Crippen LogP contribution in [0.3, 0.4) is 0 Å². The van der Waals surface area contributed by atoms with Crippen LogP contribution in [0.5, 0.6) is 0 Å². The molecule has 8 nitrogen and oxygen atoms in total. The fraction of sp³-hybridized carbons (Fsp3) is 0.957. The summed E-state index contributed by atoms with van der Waals surface area (Å²) in [4.78, 5) is 11.5. The zero-order valence-electron chi connectivity index (χ0n) is 22.4. The molecule has 0 saturated heterocycles. The van der Waals surface area contributed by atoms with E-state index in [1.165, 1.54) is 11.8 Å². The molecule has 0 rings (SSSR count). The smallest absolute Gasteiger partial charge is 0.367 e. The number of aliphatic hydroxyl groups is 2. The van der Waals surface area contributed by atoms with Crippen molar-refractivity contribution in [2.75, 3.05) is 57.8 Å². The van der Waals surface area contributed by atoms with Gasteiger partial charge >= 0.3 is 13.9 Å². The molecule has 0 heterocycles. The quantitative estimate of drug-likeness (QED) is 0.0556. The summed E-state index contributed by atoms with van der Waals surface area (Å²) in [6, 6.07) is 1.87. The van der Waals surface area contributed by atoms with Gasteiger partial charge in [-0.25, -0.2) is 4.79 Å². The third-order valence-corrected chi connectivity index (χ3v) is 11.0. The van der Waals surface area contributed by atoms with E-state index in [4.69, 9.17) is 23.1 Å². The molecule has 210 valence electrons. The number of thioether (sulfide) groups is 1. The van der Waals surface area contributed by atoms with E-state index in [1.54, 1.807) is 6.92 Å². The maximum absolute atomic E-state index is 11.5. The van der Waals surface area contributed by atoms with Crippen LogP contribution >= 0.6 is 24.4 Å². The molecule has 0 spiro atoms. The second kappa shape index (κ2) is 22.4. The minimum absolute atomic E-state index is 0.0622. The van der Waals surface area contributed by atoms with Gasteiger partial charge in [0.25, 0.3) is 0 Å². The lowest BCUT2D eigenvalue weighted by Crippen LogP contribution is -2.42. The SMILES string of the molecule is CCOC(=O)SCCC[SiH2]C(OCC(C)CO)OCC(C)CO[Si](C)(CCCS)OCC(C)CO. The van der Waals surface area contributed by atoms with Crippen LogP contribution in [0.1, 0.15) is 40.5 Å². The zero-order valence-corrected chi connectivity index (χ0v) is 26.5. The molecule has 0 aliphatic carbocycles. The average molecular weight is 575 g/mol. The van der Waals surface area contributed by atoms with Gasteiger partial charge in [0, 0.05) is 49.9 Å². The summed E-state index contributed by atoms with van der Waals surface area (Å²) in [7, 11) is -3.03. The van der Waals surface area contributed by atoms with Crippen molar-refractivity contribution >= 4 is 47.8 Å². The second-order valence-corrected chi connectivity index (χ2v) is 16.2.